The second-order valence-corrected chi connectivity index (χ2v) is 10.2. The van der Waals surface area contributed by atoms with Gasteiger partial charge in [0, 0.05) is 22.0 Å². The van der Waals surface area contributed by atoms with Gasteiger partial charge in [-0.25, -0.2) is 13.8 Å². The third-order valence-corrected chi connectivity index (χ3v) is 7.29. The lowest BCUT2D eigenvalue weighted by molar-refractivity contribution is -0.142. The molecule has 2 aliphatic carbocycles. The Labute approximate surface area is 223 Å². The Hall–Kier alpha value is -3.67. The number of halogens is 8. The van der Waals surface area contributed by atoms with E-state index in [4.69, 9.17) is 5.73 Å². The predicted molar refractivity (Wildman–Crippen MR) is 124 cm³/mol. The molecule has 3 N–H and O–H groups in total. The summed E-state index contributed by atoms with van der Waals surface area (Å²) in [5.74, 6) is -8.72. The monoisotopic (exact) mass is 616 g/mol. The van der Waals surface area contributed by atoms with Crippen molar-refractivity contribution >= 4 is 27.5 Å². The van der Waals surface area contributed by atoms with Crippen molar-refractivity contribution in [2.24, 2.45) is 5.92 Å². The molecular formula is C24H16BrF7N6O. The quantitative estimate of drug-likeness (QED) is 0.375. The summed E-state index contributed by atoms with van der Waals surface area (Å²) in [7, 11) is 0. The number of fused-ring (bicyclic) bond motifs is 3. The van der Waals surface area contributed by atoms with Gasteiger partial charge < -0.3 is 11.1 Å². The number of nitrogens with two attached hydrogens (primary N) is 1. The highest BCUT2D eigenvalue weighted by Crippen LogP contribution is 2.68. The minimum atomic E-state index is -5.00. The molecule has 2 heterocycles. The van der Waals surface area contributed by atoms with Crippen LogP contribution >= 0.6 is 15.9 Å². The molecular weight excluding hydrogens is 601 g/mol. The maximum absolute atomic E-state index is 14.9. The van der Waals surface area contributed by atoms with Gasteiger partial charge in [-0.3, -0.25) is 9.48 Å². The van der Waals surface area contributed by atoms with E-state index in [9.17, 15) is 40.8 Å². The van der Waals surface area contributed by atoms with E-state index in [1.54, 1.807) is 6.07 Å². The minimum absolute atomic E-state index is 0.00650. The number of aromatic nitrogens is 3. The molecule has 0 unspecified atom stereocenters. The Morgan fingerprint density at radius 2 is 1.92 bits per heavy atom. The van der Waals surface area contributed by atoms with Gasteiger partial charge in [0.05, 0.1) is 17.4 Å². The van der Waals surface area contributed by atoms with Crippen molar-refractivity contribution in [3.63, 3.8) is 0 Å². The zero-order chi connectivity index (χ0) is 28.4. The van der Waals surface area contributed by atoms with Crippen LogP contribution in [0.2, 0.25) is 0 Å². The van der Waals surface area contributed by atoms with Crippen molar-refractivity contribution in [2.75, 3.05) is 5.73 Å². The van der Waals surface area contributed by atoms with Crippen molar-refractivity contribution in [3.05, 3.63) is 74.3 Å². The Balaban J connectivity index is 1.49. The molecule has 0 aliphatic heterocycles. The van der Waals surface area contributed by atoms with Crippen LogP contribution < -0.4 is 11.1 Å². The molecule has 15 heteroatoms. The van der Waals surface area contributed by atoms with Crippen LogP contribution in [0.3, 0.4) is 0 Å². The van der Waals surface area contributed by atoms with E-state index in [0.717, 1.165) is 12.1 Å². The summed E-state index contributed by atoms with van der Waals surface area (Å²) < 4.78 is 98.7. The number of rotatable bonds is 6. The van der Waals surface area contributed by atoms with Crippen molar-refractivity contribution in [2.45, 2.75) is 43.4 Å². The number of pyridine rings is 1. The molecule has 0 saturated heterocycles. The Kier molecular flexibility index (Phi) is 6.36. The van der Waals surface area contributed by atoms with Crippen LogP contribution in [0.4, 0.5) is 36.4 Å². The van der Waals surface area contributed by atoms with Gasteiger partial charge in [0.15, 0.2) is 11.4 Å². The van der Waals surface area contributed by atoms with Crippen molar-refractivity contribution in [3.8, 4) is 6.07 Å². The number of hydrogen-bond acceptors (Lipinski definition) is 5. The van der Waals surface area contributed by atoms with Gasteiger partial charge in [-0.2, -0.15) is 32.3 Å². The topological polar surface area (TPSA) is 110 Å². The van der Waals surface area contributed by atoms with Gasteiger partial charge in [0.1, 0.15) is 29.9 Å². The van der Waals surface area contributed by atoms with Gasteiger partial charge >= 0.3 is 6.18 Å². The maximum Gasteiger partial charge on any atom is 0.435 e. The number of nitrogens with one attached hydrogen (secondary N) is 1. The first-order valence-electron chi connectivity index (χ1n) is 11.4. The fourth-order valence-corrected chi connectivity index (χ4v) is 5.61. The number of carbonyl (C=O) groups excluding carboxylic acids is 1. The Morgan fingerprint density at radius 1 is 1.26 bits per heavy atom. The molecule has 3 aromatic rings. The van der Waals surface area contributed by atoms with Crippen LogP contribution in [-0.4, -0.2) is 20.7 Å². The summed E-state index contributed by atoms with van der Waals surface area (Å²) in [5.41, 5.74) is 2.58. The number of alkyl halides is 5. The van der Waals surface area contributed by atoms with E-state index in [1.165, 1.54) is 6.07 Å². The highest BCUT2D eigenvalue weighted by molar-refractivity contribution is 9.10. The second-order valence-electron chi connectivity index (χ2n) is 9.34. The smallest absolute Gasteiger partial charge is 0.396 e. The van der Waals surface area contributed by atoms with Crippen LogP contribution in [0.1, 0.15) is 52.3 Å². The number of hydrogen-bond donors (Lipinski definition) is 2. The second kappa shape index (κ2) is 9.22. The van der Waals surface area contributed by atoms with Crippen LogP contribution in [0.25, 0.3) is 0 Å². The third-order valence-electron chi connectivity index (χ3n) is 6.66. The number of nitriles is 1. The van der Waals surface area contributed by atoms with E-state index in [2.05, 4.69) is 31.3 Å². The molecule has 0 radical (unpaired) electrons. The number of carbonyl (C=O) groups is 1. The van der Waals surface area contributed by atoms with Gasteiger partial charge in [-0.15, -0.1) is 0 Å². The molecule has 0 bridgehead atoms. The number of nitrogen functional groups attached to an aromatic ring is 1. The minimum Gasteiger partial charge on any atom is -0.396 e. The van der Waals surface area contributed by atoms with Crippen LogP contribution in [-0.2, 0) is 29.9 Å². The molecule has 5 rings (SSSR count). The molecule has 39 heavy (non-hydrogen) atoms. The van der Waals surface area contributed by atoms with Crippen molar-refractivity contribution < 1.29 is 35.5 Å². The summed E-state index contributed by atoms with van der Waals surface area (Å²) in [6.07, 6.45) is -5.40. The maximum atomic E-state index is 14.9. The molecule has 3 atom stereocenters. The molecule has 1 fully saturated rings. The Morgan fingerprint density at radius 3 is 2.54 bits per heavy atom. The van der Waals surface area contributed by atoms with E-state index in [0.29, 0.717) is 10.7 Å². The summed E-state index contributed by atoms with van der Waals surface area (Å²) >= 11 is 3.21. The summed E-state index contributed by atoms with van der Waals surface area (Å²) in [6, 6.07) is 4.47. The summed E-state index contributed by atoms with van der Waals surface area (Å²) in [6.45, 7) is -1.00. The van der Waals surface area contributed by atoms with Crippen molar-refractivity contribution in [1.29, 1.82) is 5.26 Å². The standard InChI is InChI=1S/C24H16BrF7N6O/c25-14-6-15(34)17(7-33)36-20(14)16(3-9-1-10(26)4-11(27)2-9)35-18(39)8-38-22-19(21(37-38)24(30,31)32)12-5-13(12)23(22,28)29/h1-2,4,6,12-13,16H,3,5,8,34H2,(H,35,39)/t12-,13+,16-/m0/s1. The van der Waals surface area contributed by atoms with E-state index >= 15 is 0 Å². The number of benzene rings is 1. The van der Waals surface area contributed by atoms with Gasteiger partial charge in [-0.1, -0.05) is 0 Å². The Bertz CT molecular complexity index is 1530. The molecule has 1 amide bonds. The predicted octanol–water partition coefficient (Wildman–Crippen LogP) is 5.10. The lowest BCUT2D eigenvalue weighted by Crippen LogP contribution is -2.35. The van der Waals surface area contributed by atoms with Gasteiger partial charge in [0.2, 0.25) is 5.91 Å². The molecule has 2 aliphatic rings. The fourth-order valence-electron chi connectivity index (χ4n) is 5.00. The average Bonchev–Trinajstić information content (AvgIpc) is 3.46. The molecule has 1 aromatic carbocycles. The molecule has 204 valence electrons. The lowest BCUT2D eigenvalue weighted by atomic mass is 10.0. The van der Waals surface area contributed by atoms with Gasteiger partial charge in [-0.05, 0) is 58.5 Å². The van der Waals surface area contributed by atoms with Crippen LogP contribution in [0, 0.1) is 28.9 Å². The number of nitrogens with zero attached hydrogens (tertiary/aromatic N) is 4. The average molecular weight is 617 g/mol. The van der Waals surface area contributed by atoms with E-state index < -0.39 is 71.0 Å². The van der Waals surface area contributed by atoms with Gasteiger partial charge in [0.25, 0.3) is 5.92 Å². The lowest BCUT2D eigenvalue weighted by Gasteiger charge is -2.21. The first kappa shape index (κ1) is 26.9. The molecule has 0 spiro atoms. The molecule has 1 saturated carbocycles. The first-order valence-corrected chi connectivity index (χ1v) is 12.2. The summed E-state index contributed by atoms with van der Waals surface area (Å²) in [4.78, 5) is 17.1. The zero-order valence-corrected chi connectivity index (χ0v) is 21.0. The largest absolute Gasteiger partial charge is 0.435 e. The van der Waals surface area contributed by atoms with Crippen molar-refractivity contribution in [1.82, 2.24) is 20.1 Å². The van der Waals surface area contributed by atoms with E-state index in [1.807, 2.05) is 0 Å². The number of amides is 1. The SMILES string of the molecule is N#Cc1nc([C@H](Cc2cc(F)cc(F)c2)NC(=O)Cn2nc(C(F)(F)F)c3c2C(F)(F)[C@@H]2C[C@H]32)c(Br)cc1N. The highest BCUT2D eigenvalue weighted by Gasteiger charge is 2.68. The zero-order valence-electron chi connectivity index (χ0n) is 19.5. The number of anilines is 1. The molecule has 7 nitrogen and oxygen atoms in total. The van der Waals surface area contributed by atoms with E-state index in [-0.39, 0.29) is 40.0 Å². The normalized spacial score (nSPS) is 19.7. The molecule has 2 aromatic heterocycles. The van der Waals surface area contributed by atoms with Crippen LogP contribution in [0.5, 0.6) is 0 Å². The van der Waals surface area contributed by atoms with Crippen LogP contribution in [0.15, 0.2) is 28.7 Å². The summed E-state index contributed by atoms with van der Waals surface area (Å²) in [5, 5.41) is 15.1. The highest BCUT2D eigenvalue weighted by atomic mass is 79.9. The first-order chi connectivity index (χ1) is 18.2. The third kappa shape index (κ3) is 4.81. The fraction of sp³-hybridized carbons (Fsp3) is 0.333.